The summed E-state index contributed by atoms with van der Waals surface area (Å²) in [7, 11) is 0. The number of nitrogens with zero attached hydrogens (tertiary/aromatic N) is 3. The van der Waals surface area contributed by atoms with Crippen LogP contribution in [0.15, 0.2) is 122 Å². The highest BCUT2D eigenvalue weighted by Gasteiger charge is 2.42. The highest BCUT2D eigenvalue weighted by atomic mass is 19.1. The molecule has 6 aromatic rings. The molecule has 3 fully saturated rings. The van der Waals surface area contributed by atoms with Crippen molar-refractivity contribution in [3.63, 3.8) is 0 Å². The smallest absolute Gasteiger partial charge is 0.257 e. The molecule has 2 N–H and O–H groups in total. The summed E-state index contributed by atoms with van der Waals surface area (Å²) < 4.78 is 17.6. The molecule has 0 bridgehead atoms. The van der Waals surface area contributed by atoms with E-state index < -0.39 is 23.7 Å². The molecule has 3 aliphatic rings. The Balaban J connectivity index is 1.02. The molecule has 4 atom stereocenters. The Morgan fingerprint density at radius 1 is 0.592 bits per heavy atom. The van der Waals surface area contributed by atoms with Gasteiger partial charge >= 0.3 is 0 Å². The molecule has 2 unspecified atom stereocenters. The van der Waals surface area contributed by atoms with Gasteiger partial charge < -0.3 is 25.0 Å². The van der Waals surface area contributed by atoms with Crippen LogP contribution >= 0.6 is 0 Å². The van der Waals surface area contributed by atoms with Gasteiger partial charge in [-0.05, 0) is 163 Å². The number of piperidine rings is 2. The van der Waals surface area contributed by atoms with Crippen molar-refractivity contribution in [1.82, 2.24) is 14.4 Å². The molecule has 5 aromatic carbocycles. The standard InChI is InChI=1S/C66H78FN5O4/c1-42-28-29-54(44(3)34-42)63(75)71-31-16-25-55(58(71)35-45-19-11-10-12-20-45)61(73)69-52-37-48(36-50(40-52)66(7,8)9)47-30-33-70(41-47)53-24-14-21-46(38-53)60-56(62(74)68-51-23-15-22-49(39-51)65(4,5)6)26-17-32-72(60)64(76)59-43(2)18-13-27-57(59)67/h13-15,18,21-24,27-30,33-34,36-41,45,55-56,58,60H,10-12,16-17,19-20,25-26,31-32,35H2,1-9H3,(H,68,74)(H,69,73)/t55?,56?,58-,60-/m0/s1. The third-order valence-corrected chi connectivity index (χ3v) is 16.6. The number of benzene rings is 5. The minimum Gasteiger partial charge on any atom is -0.335 e. The molecule has 10 heteroatoms. The van der Waals surface area contributed by atoms with Crippen LogP contribution in [-0.2, 0) is 20.4 Å². The zero-order valence-corrected chi connectivity index (χ0v) is 46.3. The highest BCUT2D eigenvalue weighted by Crippen LogP contribution is 2.41. The first-order chi connectivity index (χ1) is 36.2. The summed E-state index contributed by atoms with van der Waals surface area (Å²) in [5.41, 5.74) is 10.1. The zero-order chi connectivity index (χ0) is 54.1. The van der Waals surface area contributed by atoms with Gasteiger partial charge in [-0.15, -0.1) is 0 Å². The molecule has 398 valence electrons. The third kappa shape index (κ3) is 11.9. The Bertz CT molecular complexity index is 3100. The number of halogens is 1. The molecule has 2 aliphatic heterocycles. The largest absolute Gasteiger partial charge is 0.335 e. The molecule has 0 radical (unpaired) electrons. The third-order valence-electron chi connectivity index (χ3n) is 16.6. The second kappa shape index (κ2) is 22.4. The van der Waals surface area contributed by atoms with Gasteiger partial charge in [0.05, 0.1) is 23.4 Å². The summed E-state index contributed by atoms with van der Waals surface area (Å²) in [5.74, 6) is -1.72. The molecular formula is C66H78FN5O4. The number of carbonyl (C=O) groups is 4. The van der Waals surface area contributed by atoms with E-state index in [-0.39, 0.29) is 46.1 Å². The van der Waals surface area contributed by atoms with Crippen LogP contribution in [-0.4, -0.2) is 57.1 Å². The van der Waals surface area contributed by atoms with E-state index in [0.717, 1.165) is 82.4 Å². The molecule has 1 saturated carbocycles. The first kappa shape index (κ1) is 54.0. The molecule has 1 aromatic heterocycles. The first-order valence-corrected chi connectivity index (χ1v) is 27.8. The van der Waals surface area contributed by atoms with Gasteiger partial charge in [0.2, 0.25) is 11.8 Å². The number of aryl methyl sites for hydroxylation is 3. The SMILES string of the molecule is Cc1ccc(C(=O)N2CCCC(C(=O)Nc3cc(-c4ccn(-c5cccc([C@H]6C(C(=O)Nc7cccc(C(C)(C)C)c7)CCCN6C(=O)c6c(C)cccc6F)c5)c4)cc(C(C)(C)C)c3)[C@@H]2CC2CCCCC2)c(C)c1. The van der Waals surface area contributed by atoms with Crippen LogP contribution in [0.1, 0.15) is 166 Å². The maximum absolute atomic E-state index is 15.6. The fourth-order valence-electron chi connectivity index (χ4n) is 12.3. The first-order valence-electron chi connectivity index (χ1n) is 27.8. The van der Waals surface area contributed by atoms with E-state index in [1.165, 1.54) is 25.3 Å². The van der Waals surface area contributed by atoms with E-state index in [1.54, 1.807) is 24.0 Å². The molecule has 76 heavy (non-hydrogen) atoms. The van der Waals surface area contributed by atoms with Crippen molar-refractivity contribution in [3.8, 4) is 16.8 Å². The molecule has 3 heterocycles. The quantitative estimate of drug-likeness (QED) is 0.135. The van der Waals surface area contributed by atoms with Crippen LogP contribution in [0, 0.1) is 44.3 Å². The number of anilines is 2. The van der Waals surface area contributed by atoms with Crippen molar-refractivity contribution in [3.05, 3.63) is 172 Å². The lowest BCUT2D eigenvalue weighted by Gasteiger charge is -2.43. The fraction of sp³-hybridized carbons (Fsp3) is 0.424. The van der Waals surface area contributed by atoms with Crippen molar-refractivity contribution in [2.75, 3.05) is 23.7 Å². The lowest BCUT2D eigenvalue weighted by molar-refractivity contribution is -0.124. The lowest BCUT2D eigenvalue weighted by Crippen LogP contribution is -2.52. The zero-order valence-electron chi connectivity index (χ0n) is 46.3. The van der Waals surface area contributed by atoms with Crippen LogP contribution in [0.25, 0.3) is 16.8 Å². The van der Waals surface area contributed by atoms with Crippen LogP contribution in [0.5, 0.6) is 0 Å². The van der Waals surface area contributed by atoms with Crippen molar-refractivity contribution in [2.24, 2.45) is 17.8 Å². The Labute approximate surface area is 450 Å². The number of aromatic nitrogens is 1. The van der Waals surface area contributed by atoms with E-state index in [2.05, 4.69) is 94.8 Å². The number of likely N-dealkylation sites (tertiary alicyclic amines) is 2. The van der Waals surface area contributed by atoms with E-state index in [0.29, 0.717) is 48.7 Å². The average Bonchev–Trinajstić information content (AvgIpc) is 3.92. The van der Waals surface area contributed by atoms with Crippen LogP contribution in [0.3, 0.4) is 0 Å². The van der Waals surface area contributed by atoms with Gasteiger partial charge in [-0.3, -0.25) is 19.2 Å². The van der Waals surface area contributed by atoms with Gasteiger partial charge in [-0.1, -0.05) is 134 Å². The minimum absolute atomic E-state index is 0.0215. The Kier molecular flexibility index (Phi) is 15.9. The fourth-order valence-corrected chi connectivity index (χ4v) is 12.3. The summed E-state index contributed by atoms with van der Waals surface area (Å²) in [6, 6.07) is 34.1. The maximum atomic E-state index is 15.6. The predicted molar refractivity (Wildman–Crippen MR) is 305 cm³/mol. The van der Waals surface area contributed by atoms with Gasteiger partial charge in [0.25, 0.3) is 11.8 Å². The van der Waals surface area contributed by atoms with Crippen LogP contribution in [0.4, 0.5) is 15.8 Å². The Hall–Kier alpha value is -6.81. The number of carbonyl (C=O) groups excluding carboxylic acids is 4. The minimum atomic E-state index is -0.681. The molecule has 9 rings (SSSR count). The topological polar surface area (TPSA) is 104 Å². The summed E-state index contributed by atoms with van der Waals surface area (Å²) in [6.07, 6.45) is 13.4. The lowest BCUT2D eigenvalue weighted by atomic mass is 9.78. The molecule has 4 amide bonds. The number of hydrogen-bond acceptors (Lipinski definition) is 4. The monoisotopic (exact) mass is 1020 g/mol. The van der Waals surface area contributed by atoms with E-state index >= 15 is 4.39 Å². The predicted octanol–water partition coefficient (Wildman–Crippen LogP) is 14.9. The number of amides is 4. The van der Waals surface area contributed by atoms with Crippen molar-refractivity contribution >= 4 is 35.0 Å². The van der Waals surface area contributed by atoms with E-state index in [9.17, 15) is 19.2 Å². The number of nitrogens with one attached hydrogen (secondary N) is 2. The summed E-state index contributed by atoms with van der Waals surface area (Å²) >= 11 is 0. The van der Waals surface area contributed by atoms with Gasteiger partial charge in [0, 0.05) is 54.2 Å². The second-order valence-corrected chi connectivity index (χ2v) is 24.3. The normalized spacial score (nSPS) is 19.6. The summed E-state index contributed by atoms with van der Waals surface area (Å²) in [4.78, 5) is 62.3. The molecule has 1 aliphatic carbocycles. The van der Waals surface area contributed by atoms with Crippen molar-refractivity contribution < 1.29 is 23.6 Å². The molecule has 0 spiro atoms. The molecule has 2 saturated heterocycles. The number of hydrogen-bond donors (Lipinski definition) is 2. The number of rotatable bonds is 11. The van der Waals surface area contributed by atoms with Crippen molar-refractivity contribution in [2.45, 2.75) is 149 Å². The van der Waals surface area contributed by atoms with E-state index in [4.69, 9.17) is 0 Å². The summed E-state index contributed by atoms with van der Waals surface area (Å²) in [5, 5.41) is 6.60. The maximum Gasteiger partial charge on any atom is 0.257 e. The van der Waals surface area contributed by atoms with E-state index in [1.807, 2.05) is 84.1 Å². The van der Waals surface area contributed by atoms with Crippen LogP contribution in [0.2, 0.25) is 0 Å². The summed E-state index contributed by atoms with van der Waals surface area (Å²) in [6.45, 7) is 19.7. The van der Waals surface area contributed by atoms with Gasteiger partial charge in [0.1, 0.15) is 5.82 Å². The molecule has 9 nitrogen and oxygen atoms in total. The average molecular weight is 1020 g/mol. The van der Waals surface area contributed by atoms with Crippen molar-refractivity contribution in [1.29, 1.82) is 0 Å². The van der Waals surface area contributed by atoms with Crippen LogP contribution < -0.4 is 10.6 Å². The molecular weight excluding hydrogens is 946 g/mol. The highest BCUT2D eigenvalue weighted by molar-refractivity contribution is 5.99. The van der Waals surface area contributed by atoms with Gasteiger partial charge in [-0.2, -0.15) is 0 Å². The Morgan fingerprint density at radius 3 is 1.99 bits per heavy atom. The second-order valence-electron chi connectivity index (χ2n) is 24.3. The Morgan fingerprint density at radius 2 is 1.26 bits per heavy atom. The van der Waals surface area contributed by atoms with Gasteiger partial charge in [-0.25, -0.2) is 4.39 Å². The van der Waals surface area contributed by atoms with Gasteiger partial charge in [0.15, 0.2) is 0 Å².